The molecule has 7 nitrogen and oxygen atoms in total. The Morgan fingerprint density at radius 3 is 2.29 bits per heavy atom. The van der Waals surface area contributed by atoms with E-state index < -0.39 is 10.0 Å². The molecule has 1 aliphatic carbocycles. The SMILES string of the molecule is COc1cc(C2Nc3ccc(S(=O)(=O)N4CCCCC4)cc3C3C=CCC32)cc(OC)c1OC. The van der Waals surface area contributed by atoms with Crippen LogP contribution in [0.4, 0.5) is 5.69 Å². The van der Waals surface area contributed by atoms with E-state index in [9.17, 15) is 8.42 Å². The van der Waals surface area contributed by atoms with Crippen LogP contribution in [-0.4, -0.2) is 47.1 Å². The molecule has 8 heteroatoms. The summed E-state index contributed by atoms with van der Waals surface area (Å²) < 4.78 is 44.9. The van der Waals surface area contributed by atoms with Gasteiger partial charge in [-0.25, -0.2) is 8.42 Å². The number of allylic oxidation sites excluding steroid dienone is 2. The first-order valence-corrected chi connectivity index (χ1v) is 13.3. The van der Waals surface area contributed by atoms with Crippen LogP contribution in [0.15, 0.2) is 47.4 Å². The highest BCUT2D eigenvalue weighted by molar-refractivity contribution is 7.89. The van der Waals surface area contributed by atoms with Crippen molar-refractivity contribution < 1.29 is 22.6 Å². The summed E-state index contributed by atoms with van der Waals surface area (Å²) in [5, 5.41) is 3.68. The van der Waals surface area contributed by atoms with Gasteiger partial charge in [0.05, 0.1) is 32.3 Å². The zero-order valence-electron chi connectivity index (χ0n) is 19.9. The lowest BCUT2D eigenvalue weighted by molar-refractivity contribution is 0.322. The Morgan fingerprint density at radius 1 is 0.941 bits per heavy atom. The van der Waals surface area contributed by atoms with Crippen molar-refractivity contribution in [2.75, 3.05) is 39.7 Å². The van der Waals surface area contributed by atoms with E-state index in [2.05, 4.69) is 17.5 Å². The minimum absolute atomic E-state index is 0.0192. The van der Waals surface area contributed by atoms with E-state index >= 15 is 0 Å². The molecule has 0 bridgehead atoms. The van der Waals surface area contributed by atoms with Gasteiger partial charge in [-0.1, -0.05) is 18.6 Å². The van der Waals surface area contributed by atoms with Gasteiger partial charge >= 0.3 is 0 Å². The molecule has 5 rings (SSSR count). The van der Waals surface area contributed by atoms with Gasteiger partial charge in [0.15, 0.2) is 11.5 Å². The van der Waals surface area contributed by atoms with Gasteiger partial charge in [-0.3, -0.25) is 0 Å². The molecule has 2 aromatic carbocycles. The maximum absolute atomic E-state index is 13.3. The highest BCUT2D eigenvalue weighted by Gasteiger charge is 2.39. The molecule has 0 spiro atoms. The van der Waals surface area contributed by atoms with Crippen molar-refractivity contribution in [2.24, 2.45) is 5.92 Å². The van der Waals surface area contributed by atoms with E-state index in [1.807, 2.05) is 24.3 Å². The van der Waals surface area contributed by atoms with Gasteiger partial charge in [0.25, 0.3) is 0 Å². The smallest absolute Gasteiger partial charge is 0.243 e. The van der Waals surface area contributed by atoms with Gasteiger partial charge in [-0.2, -0.15) is 4.31 Å². The second kappa shape index (κ2) is 9.15. The average molecular weight is 485 g/mol. The Bertz CT molecular complexity index is 1180. The number of benzene rings is 2. The first-order chi connectivity index (χ1) is 16.5. The van der Waals surface area contributed by atoms with E-state index in [1.54, 1.807) is 31.7 Å². The topological polar surface area (TPSA) is 77.1 Å². The van der Waals surface area contributed by atoms with Crippen LogP contribution in [0, 0.1) is 5.92 Å². The predicted molar refractivity (Wildman–Crippen MR) is 132 cm³/mol. The van der Waals surface area contributed by atoms with E-state index in [4.69, 9.17) is 14.2 Å². The monoisotopic (exact) mass is 484 g/mol. The molecular weight excluding hydrogens is 452 g/mol. The zero-order chi connectivity index (χ0) is 23.9. The third-order valence-corrected chi connectivity index (χ3v) is 9.23. The van der Waals surface area contributed by atoms with E-state index in [-0.39, 0.29) is 17.9 Å². The molecule has 2 aliphatic heterocycles. The minimum atomic E-state index is -3.48. The van der Waals surface area contributed by atoms with Gasteiger partial charge in [0, 0.05) is 24.7 Å². The maximum atomic E-state index is 13.3. The van der Waals surface area contributed by atoms with Crippen LogP contribution in [0.5, 0.6) is 17.2 Å². The van der Waals surface area contributed by atoms with Crippen molar-refractivity contribution in [1.29, 1.82) is 0 Å². The normalized spacial score (nSPS) is 24.1. The standard InChI is InChI=1S/C26H32N2O5S/c1-31-23-14-17(15-24(32-2)26(23)33-3)25-20-9-7-8-19(20)21-16-18(10-11-22(21)27-25)34(29,30)28-12-5-4-6-13-28/h7-8,10-11,14-16,19-20,25,27H,4-6,9,12-13H2,1-3H3. The highest BCUT2D eigenvalue weighted by atomic mass is 32.2. The number of fused-ring (bicyclic) bond motifs is 3. The number of hydrogen-bond donors (Lipinski definition) is 1. The van der Waals surface area contributed by atoms with Crippen LogP contribution in [0.25, 0.3) is 0 Å². The molecule has 2 aromatic rings. The molecule has 182 valence electrons. The van der Waals surface area contributed by atoms with Crippen molar-refractivity contribution in [1.82, 2.24) is 4.31 Å². The molecule has 0 aromatic heterocycles. The van der Waals surface area contributed by atoms with Gasteiger partial charge in [0.2, 0.25) is 15.8 Å². The lowest BCUT2D eigenvalue weighted by Gasteiger charge is -2.38. The number of nitrogens with one attached hydrogen (secondary N) is 1. The molecule has 1 saturated heterocycles. The number of sulfonamides is 1. The molecule has 3 aliphatic rings. The Balaban J connectivity index is 1.52. The van der Waals surface area contributed by atoms with Crippen molar-refractivity contribution in [3.63, 3.8) is 0 Å². The summed E-state index contributed by atoms with van der Waals surface area (Å²) in [6, 6.07) is 9.54. The number of hydrogen-bond acceptors (Lipinski definition) is 6. The molecule has 3 atom stereocenters. The van der Waals surface area contributed by atoms with E-state index in [1.165, 1.54) is 0 Å². The Kier molecular flexibility index (Phi) is 6.20. The lowest BCUT2D eigenvalue weighted by Crippen LogP contribution is -2.36. The largest absolute Gasteiger partial charge is 0.493 e. The fraction of sp³-hybridized carbons (Fsp3) is 0.462. The van der Waals surface area contributed by atoms with Crippen molar-refractivity contribution in [3.8, 4) is 17.2 Å². The van der Waals surface area contributed by atoms with Gasteiger partial charge in [0.1, 0.15) is 0 Å². The Hall–Kier alpha value is -2.71. The molecule has 1 N–H and O–H groups in total. The molecule has 34 heavy (non-hydrogen) atoms. The van der Waals surface area contributed by atoms with E-state index in [0.29, 0.717) is 35.2 Å². The maximum Gasteiger partial charge on any atom is 0.243 e. The minimum Gasteiger partial charge on any atom is -0.493 e. The molecule has 0 amide bonds. The molecule has 3 unspecified atom stereocenters. The van der Waals surface area contributed by atoms with Crippen molar-refractivity contribution >= 4 is 15.7 Å². The average Bonchev–Trinajstić information content (AvgIpc) is 3.38. The summed E-state index contributed by atoms with van der Waals surface area (Å²) in [5.41, 5.74) is 3.05. The quantitative estimate of drug-likeness (QED) is 0.598. The number of ether oxygens (including phenoxy) is 3. The van der Waals surface area contributed by atoms with Crippen LogP contribution in [-0.2, 0) is 10.0 Å². The fourth-order valence-corrected chi connectivity index (χ4v) is 7.15. The summed E-state index contributed by atoms with van der Waals surface area (Å²) in [6.45, 7) is 1.21. The summed E-state index contributed by atoms with van der Waals surface area (Å²) in [4.78, 5) is 0.389. The second-order valence-electron chi connectivity index (χ2n) is 9.15. The predicted octanol–water partition coefficient (Wildman–Crippen LogP) is 4.71. The molecule has 0 radical (unpaired) electrons. The first kappa shape index (κ1) is 23.1. The van der Waals surface area contributed by atoms with Gasteiger partial charge in [-0.05, 0) is 66.6 Å². The number of nitrogens with zero attached hydrogens (tertiary/aromatic N) is 1. The summed E-state index contributed by atoms with van der Waals surface area (Å²) in [6.07, 6.45) is 8.26. The van der Waals surface area contributed by atoms with Crippen LogP contribution in [0.3, 0.4) is 0 Å². The van der Waals surface area contributed by atoms with Crippen LogP contribution in [0.1, 0.15) is 48.8 Å². The number of piperidine rings is 1. The van der Waals surface area contributed by atoms with Crippen molar-refractivity contribution in [2.45, 2.75) is 42.5 Å². The summed E-state index contributed by atoms with van der Waals surface area (Å²) in [5.74, 6) is 2.20. The highest BCUT2D eigenvalue weighted by Crippen LogP contribution is 2.52. The number of anilines is 1. The van der Waals surface area contributed by atoms with Gasteiger partial charge in [-0.15, -0.1) is 0 Å². The number of rotatable bonds is 6. The molecular formula is C26H32N2O5S. The zero-order valence-corrected chi connectivity index (χ0v) is 20.7. The summed E-state index contributed by atoms with van der Waals surface area (Å²) >= 11 is 0. The molecule has 2 heterocycles. The second-order valence-corrected chi connectivity index (χ2v) is 11.1. The Labute approximate surface area is 201 Å². The molecule has 0 saturated carbocycles. The van der Waals surface area contributed by atoms with Crippen molar-refractivity contribution in [3.05, 3.63) is 53.6 Å². The first-order valence-electron chi connectivity index (χ1n) is 11.8. The van der Waals surface area contributed by atoms with Crippen LogP contribution >= 0.6 is 0 Å². The molecule has 1 fully saturated rings. The van der Waals surface area contributed by atoms with E-state index in [0.717, 1.165) is 42.5 Å². The van der Waals surface area contributed by atoms with Crippen LogP contribution < -0.4 is 19.5 Å². The lowest BCUT2D eigenvalue weighted by atomic mass is 9.77. The number of methoxy groups -OCH3 is 3. The van der Waals surface area contributed by atoms with Crippen LogP contribution in [0.2, 0.25) is 0 Å². The Morgan fingerprint density at radius 2 is 1.65 bits per heavy atom. The fourth-order valence-electron chi connectivity index (χ4n) is 5.60. The summed E-state index contributed by atoms with van der Waals surface area (Å²) in [7, 11) is 1.36. The van der Waals surface area contributed by atoms with Gasteiger partial charge < -0.3 is 19.5 Å². The third kappa shape index (κ3) is 3.82. The third-order valence-electron chi connectivity index (χ3n) is 7.33.